The van der Waals surface area contributed by atoms with Crippen LogP contribution in [0.4, 0.5) is 10.1 Å². The Morgan fingerprint density at radius 2 is 1.83 bits per heavy atom. The highest BCUT2D eigenvalue weighted by Crippen LogP contribution is 2.24. The van der Waals surface area contributed by atoms with Gasteiger partial charge in [-0.2, -0.15) is 0 Å². The van der Waals surface area contributed by atoms with Gasteiger partial charge in [-0.25, -0.2) is 9.38 Å². The predicted molar refractivity (Wildman–Crippen MR) is 127 cm³/mol. The van der Waals surface area contributed by atoms with Gasteiger partial charge in [-0.05, 0) is 43.0 Å². The molecule has 158 valence electrons. The van der Waals surface area contributed by atoms with E-state index in [1.807, 2.05) is 42.2 Å². The summed E-state index contributed by atoms with van der Waals surface area (Å²) in [7, 11) is 0. The van der Waals surface area contributed by atoms with Crippen molar-refractivity contribution in [2.45, 2.75) is 39.0 Å². The van der Waals surface area contributed by atoms with Crippen LogP contribution in [0.15, 0.2) is 53.5 Å². The largest absolute Gasteiger partial charge is 0.393 e. The molecule has 1 aliphatic heterocycles. The van der Waals surface area contributed by atoms with Crippen molar-refractivity contribution in [3.8, 4) is 0 Å². The summed E-state index contributed by atoms with van der Waals surface area (Å²) < 4.78 is 14.6. The van der Waals surface area contributed by atoms with Crippen molar-refractivity contribution in [1.29, 1.82) is 0 Å². The molecular formula is C22H30FIN4O. The summed E-state index contributed by atoms with van der Waals surface area (Å²) >= 11 is 0. The Hall–Kier alpha value is -1.87. The molecule has 0 aliphatic carbocycles. The van der Waals surface area contributed by atoms with Gasteiger partial charge in [0.25, 0.3) is 0 Å². The summed E-state index contributed by atoms with van der Waals surface area (Å²) in [5, 5.41) is 16.1. The molecule has 0 unspecified atom stereocenters. The molecule has 1 heterocycles. The van der Waals surface area contributed by atoms with E-state index in [1.165, 1.54) is 5.56 Å². The number of aliphatic hydroxyl groups excluding tert-OH is 1. The minimum atomic E-state index is -0.263. The first-order chi connectivity index (χ1) is 13.7. The van der Waals surface area contributed by atoms with Gasteiger partial charge in [0.1, 0.15) is 5.82 Å². The van der Waals surface area contributed by atoms with Crippen LogP contribution in [0.25, 0.3) is 0 Å². The minimum Gasteiger partial charge on any atom is -0.393 e. The van der Waals surface area contributed by atoms with Crippen LogP contribution in [0.1, 0.15) is 30.9 Å². The molecule has 2 aromatic carbocycles. The average Bonchev–Trinajstić information content (AvgIpc) is 2.72. The van der Waals surface area contributed by atoms with Crippen molar-refractivity contribution in [2.75, 3.05) is 24.5 Å². The monoisotopic (exact) mass is 512 g/mol. The Labute approximate surface area is 189 Å². The predicted octanol–water partition coefficient (Wildman–Crippen LogP) is 3.66. The molecule has 0 atom stereocenters. The maximum absolute atomic E-state index is 14.6. The molecule has 2 aromatic rings. The third kappa shape index (κ3) is 7.15. The van der Waals surface area contributed by atoms with Gasteiger partial charge in [-0.1, -0.05) is 36.4 Å². The minimum absolute atomic E-state index is 0. The summed E-state index contributed by atoms with van der Waals surface area (Å²) in [5.41, 5.74) is 2.61. The number of hydrogen-bond acceptors (Lipinski definition) is 3. The Morgan fingerprint density at radius 3 is 2.48 bits per heavy atom. The van der Waals surface area contributed by atoms with Gasteiger partial charge < -0.3 is 20.6 Å². The van der Waals surface area contributed by atoms with Gasteiger partial charge in [-0.15, -0.1) is 24.0 Å². The van der Waals surface area contributed by atoms with Crippen LogP contribution in [0.5, 0.6) is 0 Å². The van der Waals surface area contributed by atoms with Crippen molar-refractivity contribution in [3.05, 3.63) is 65.5 Å². The zero-order chi connectivity index (χ0) is 19.8. The van der Waals surface area contributed by atoms with Gasteiger partial charge in [0.15, 0.2) is 5.96 Å². The fourth-order valence-corrected chi connectivity index (χ4v) is 3.31. The lowest BCUT2D eigenvalue weighted by molar-refractivity contribution is 0.145. The van der Waals surface area contributed by atoms with Crippen molar-refractivity contribution >= 4 is 35.6 Å². The first-order valence-electron chi connectivity index (χ1n) is 9.93. The maximum atomic E-state index is 14.6. The zero-order valence-corrected chi connectivity index (χ0v) is 19.1. The molecule has 0 saturated carbocycles. The molecule has 0 aromatic heterocycles. The fourth-order valence-electron chi connectivity index (χ4n) is 3.31. The zero-order valence-electron chi connectivity index (χ0n) is 16.8. The quantitative estimate of drug-likeness (QED) is 0.314. The average molecular weight is 512 g/mol. The molecule has 1 saturated heterocycles. The second-order valence-corrected chi connectivity index (χ2v) is 7.04. The molecule has 5 nitrogen and oxygen atoms in total. The normalized spacial score (nSPS) is 15.0. The summed E-state index contributed by atoms with van der Waals surface area (Å²) in [6.07, 6.45) is 1.11. The SMILES string of the molecule is CCNC(=NCc1ccc(N2CCC(O)CC2)c(F)c1)NCc1ccccc1.I. The van der Waals surface area contributed by atoms with E-state index in [0.717, 1.165) is 12.1 Å². The molecule has 1 aliphatic rings. The number of aliphatic imine (C=N–C) groups is 1. The molecule has 0 spiro atoms. The van der Waals surface area contributed by atoms with E-state index in [4.69, 9.17) is 0 Å². The number of rotatable bonds is 6. The standard InChI is InChI=1S/C22H29FN4O.HI/c1-2-24-22(25-15-17-6-4-3-5-7-17)26-16-18-8-9-21(20(23)14-18)27-12-10-19(28)11-13-27;/h3-9,14,19,28H,2,10-13,15-16H2,1H3,(H2,24,25,26);1H. The number of halogens is 2. The van der Waals surface area contributed by atoms with Crippen LogP contribution in [0.3, 0.4) is 0 Å². The highest BCUT2D eigenvalue weighted by atomic mass is 127. The molecule has 0 radical (unpaired) electrons. The summed E-state index contributed by atoms with van der Waals surface area (Å²) in [4.78, 5) is 6.57. The number of nitrogens with zero attached hydrogens (tertiary/aromatic N) is 2. The van der Waals surface area contributed by atoms with Crippen LogP contribution in [0.2, 0.25) is 0 Å². The number of aliphatic hydroxyl groups is 1. The number of anilines is 1. The van der Waals surface area contributed by atoms with Gasteiger partial charge in [-0.3, -0.25) is 0 Å². The van der Waals surface area contributed by atoms with Crippen molar-refractivity contribution in [2.24, 2.45) is 4.99 Å². The van der Waals surface area contributed by atoms with Crippen molar-refractivity contribution < 1.29 is 9.50 Å². The number of hydrogen-bond donors (Lipinski definition) is 3. The second-order valence-electron chi connectivity index (χ2n) is 7.04. The van der Waals surface area contributed by atoms with Crippen LogP contribution in [-0.4, -0.2) is 36.8 Å². The van der Waals surface area contributed by atoms with Crippen LogP contribution in [-0.2, 0) is 13.1 Å². The number of guanidine groups is 1. The second kappa shape index (κ2) is 12.0. The fraction of sp³-hybridized carbons (Fsp3) is 0.409. The van der Waals surface area contributed by atoms with E-state index in [1.54, 1.807) is 6.07 Å². The highest BCUT2D eigenvalue weighted by molar-refractivity contribution is 14.0. The Morgan fingerprint density at radius 1 is 1.10 bits per heavy atom. The third-order valence-electron chi connectivity index (χ3n) is 4.88. The molecule has 7 heteroatoms. The molecule has 3 N–H and O–H groups in total. The van der Waals surface area contributed by atoms with Crippen LogP contribution >= 0.6 is 24.0 Å². The summed E-state index contributed by atoms with van der Waals surface area (Å²) in [6, 6.07) is 15.4. The topological polar surface area (TPSA) is 59.9 Å². The highest BCUT2D eigenvalue weighted by Gasteiger charge is 2.19. The summed E-state index contributed by atoms with van der Waals surface area (Å²) in [5.74, 6) is 0.479. The van der Waals surface area contributed by atoms with E-state index in [2.05, 4.69) is 27.8 Å². The molecule has 29 heavy (non-hydrogen) atoms. The first-order valence-corrected chi connectivity index (χ1v) is 9.93. The number of nitrogens with one attached hydrogen (secondary N) is 2. The van der Waals surface area contributed by atoms with E-state index >= 15 is 0 Å². The van der Waals surface area contributed by atoms with Gasteiger partial charge in [0.2, 0.25) is 0 Å². The summed E-state index contributed by atoms with van der Waals surface area (Å²) in [6.45, 7) is 5.23. The lowest BCUT2D eigenvalue weighted by atomic mass is 10.1. The van der Waals surface area contributed by atoms with Gasteiger partial charge in [0.05, 0.1) is 18.3 Å². The van der Waals surface area contributed by atoms with Crippen LogP contribution in [0, 0.1) is 5.82 Å². The number of piperidine rings is 1. The maximum Gasteiger partial charge on any atom is 0.191 e. The number of benzene rings is 2. The Kier molecular flexibility index (Phi) is 9.66. The third-order valence-corrected chi connectivity index (χ3v) is 4.88. The van der Waals surface area contributed by atoms with Crippen molar-refractivity contribution in [3.63, 3.8) is 0 Å². The van der Waals surface area contributed by atoms with Gasteiger partial charge >= 0.3 is 0 Å². The smallest absolute Gasteiger partial charge is 0.191 e. The molecule has 0 amide bonds. The van der Waals surface area contributed by atoms with Crippen molar-refractivity contribution in [1.82, 2.24) is 10.6 Å². The van der Waals surface area contributed by atoms with E-state index in [0.29, 0.717) is 50.7 Å². The van der Waals surface area contributed by atoms with Gasteiger partial charge in [0, 0.05) is 26.2 Å². The van der Waals surface area contributed by atoms with E-state index in [-0.39, 0.29) is 35.9 Å². The first kappa shape index (κ1) is 23.4. The lowest BCUT2D eigenvalue weighted by Crippen LogP contribution is -2.36. The molecule has 1 fully saturated rings. The Bertz CT molecular complexity index is 780. The molecular weight excluding hydrogens is 482 g/mol. The molecule has 3 rings (SSSR count). The van der Waals surface area contributed by atoms with E-state index < -0.39 is 0 Å². The Balaban J connectivity index is 0.00000300. The van der Waals surface area contributed by atoms with Crippen LogP contribution < -0.4 is 15.5 Å². The lowest BCUT2D eigenvalue weighted by Gasteiger charge is -2.31. The van der Waals surface area contributed by atoms with E-state index in [9.17, 15) is 9.50 Å². The molecule has 0 bridgehead atoms.